The zero-order valence-electron chi connectivity index (χ0n) is 16.6. The summed E-state index contributed by atoms with van der Waals surface area (Å²) in [6.45, 7) is 5.75. The van der Waals surface area contributed by atoms with Crippen molar-refractivity contribution in [3.05, 3.63) is 0 Å². The summed E-state index contributed by atoms with van der Waals surface area (Å²) in [7, 11) is 4.72. The van der Waals surface area contributed by atoms with E-state index in [1.165, 1.54) is 21.6 Å². The molecule has 2 amide bonds. The Hall–Kier alpha value is -0.930. The molecule has 27 heavy (non-hydrogen) atoms. The quantitative estimate of drug-likeness (QED) is 0.462. The smallest absolute Gasteiger partial charge is 0.330 e. The lowest BCUT2D eigenvalue weighted by molar-refractivity contribution is -0.158. The molecule has 3 N–H and O–H groups in total. The maximum Gasteiger partial charge on any atom is 0.330 e. The molecule has 1 aliphatic carbocycles. The standard InChI is InChI=1S/C18H31N3O4S2/c1-17(2,3)25-15(23)13-10-27-26-9-12(19-4)14(22)20-11-18(16(24)21-13)7-5-6-8-18/h12-13,19H,5-11H2,1-4H3,(H,20,22)(H,21,24)/t12?,13-/m0/s1. The average molecular weight is 418 g/mol. The third-order valence-electron chi connectivity index (χ3n) is 4.86. The molecule has 154 valence electrons. The Labute approximate surface area is 169 Å². The number of esters is 1. The van der Waals surface area contributed by atoms with E-state index in [1.807, 2.05) is 20.8 Å². The fourth-order valence-electron chi connectivity index (χ4n) is 3.29. The number of likely N-dealkylation sites (N-methyl/N-ethyl adjacent to an activating group) is 1. The lowest BCUT2D eigenvalue weighted by atomic mass is 9.84. The van der Waals surface area contributed by atoms with Gasteiger partial charge in [-0.15, -0.1) is 0 Å². The molecule has 0 aromatic carbocycles. The predicted octanol–water partition coefficient (Wildman–Crippen LogP) is 1.47. The van der Waals surface area contributed by atoms with Crippen LogP contribution in [0.15, 0.2) is 0 Å². The number of nitrogens with one attached hydrogen (secondary N) is 3. The highest BCUT2D eigenvalue weighted by molar-refractivity contribution is 8.76. The summed E-state index contributed by atoms with van der Waals surface area (Å²) in [5.74, 6) is 0.315. The molecule has 0 aromatic heterocycles. The van der Waals surface area contributed by atoms with Crippen LogP contribution in [-0.4, -0.2) is 60.6 Å². The minimum absolute atomic E-state index is 0.0889. The minimum atomic E-state index is -0.699. The fraction of sp³-hybridized carbons (Fsp3) is 0.833. The van der Waals surface area contributed by atoms with E-state index < -0.39 is 23.0 Å². The molecule has 0 bridgehead atoms. The number of amides is 2. The monoisotopic (exact) mass is 417 g/mol. The topological polar surface area (TPSA) is 96.5 Å². The molecule has 1 heterocycles. The minimum Gasteiger partial charge on any atom is -0.458 e. The molecule has 0 radical (unpaired) electrons. The molecule has 2 rings (SSSR count). The zero-order chi connectivity index (χ0) is 20.1. The molecule has 9 heteroatoms. The van der Waals surface area contributed by atoms with Crippen molar-refractivity contribution in [1.82, 2.24) is 16.0 Å². The van der Waals surface area contributed by atoms with Gasteiger partial charge in [-0.3, -0.25) is 9.59 Å². The van der Waals surface area contributed by atoms with Crippen LogP contribution in [0.3, 0.4) is 0 Å². The highest BCUT2D eigenvalue weighted by Crippen LogP contribution is 2.38. The van der Waals surface area contributed by atoms with Gasteiger partial charge < -0.3 is 20.7 Å². The first kappa shape index (κ1) is 22.4. The van der Waals surface area contributed by atoms with Crippen LogP contribution in [0, 0.1) is 5.41 Å². The Morgan fingerprint density at radius 3 is 2.41 bits per heavy atom. The lowest BCUT2D eigenvalue weighted by Crippen LogP contribution is -2.55. The first-order valence-electron chi connectivity index (χ1n) is 9.40. The van der Waals surface area contributed by atoms with Crippen LogP contribution in [0.4, 0.5) is 0 Å². The Kier molecular flexibility index (Phi) is 7.88. The lowest BCUT2D eigenvalue weighted by Gasteiger charge is -2.32. The van der Waals surface area contributed by atoms with Crippen molar-refractivity contribution in [2.24, 2.45) is 5.41 Å². The van der Waals surface area contributed by atoms with Crippen LogP contribution >= 0.6 is 21.6 Å². The maximum atomic E-state index is 13.1. The van der Waals surface area contributed by atoms with E-state index in [2.05, 4.69) is 16.0 Å². The van der Waals surface area contributed by atoms with Crippen LogP contribution in [0.25, 0.3) is 0 Å². The largest absolute Gasteiger partial charge is 0.458 e. The zero-order valence-corrected chi connectivity index (χ0v) is 18.2. The van der Waals surface area contributed by atoms with Crippen molar-refractivity contribution in [3.8, 4) is 0 Å². The molecule has 0 aromatic rings. The molecular formula is C18H31N3O4S2. The van der Waals surface area contributed by atoms with Crippen molar-refractivity contribution in [2.75, 3.05) is 25.1 Å². The highest BCUT2D eigenvalue weighted by Gasteiger charge is 2.43. The van der Waals surface area contributed by atoms with E-state index in [4.69, 9.17) is 4.74 Å². The van der Waals surface area contributed by atoms with E-state index in [1.54, 1.807) is 7.05 Å². The Bertz CT molecular complexity index is 559. The average Bonchev–Trinajstić information content (AvgIpc) is 3.06. The van der Waals surface area contributed by atoms with Crippen molar-refractivity contribution < 1.29 is 19.1 Å². The van der Waals surface area contributed by atoms with Gasteiger partial charge in [-0.1, -0.05) is 34.4 Å². The van der Waals surface area contributed by atoms with Crippen LogP contribution in [-0.2, 0) is 19.1 Å². The molecule has 1 saturated carbocycles. The second-order valence-electron chi connectivity index (χ2n) is 8.18. The number of carbonyl (C=O) groups is 3. The van der Waals surface area contributed by atoms with Crippen molar-refractivity contribution in [2.45, 2.75) is 64.1 Å². The SMILES string of the molecule is CNC1CSSC[C@@H](C(=O)OC(C)(C)C)NC(=O)C2(CCCC2)CNC1=O. The van der Waals surface area contributed by atoms with Crippen LogP contribution < -0.4 is 16.0 Å². The van der Waals surface area contributed by atoms with Gasteiger partial charge in [-0.25, -0.2) is 4.79 Å². The molecule has 1 aliphatic heterocycles. The van der Waals surface area contributed by atoms with Gasteiger partial charge in [0.15, 0.2) is 0 Å². The van der Waals surface area contributed by atoms with E-state index >= 15 is 0 Å². The second-order valence-corrected chi connectivity index (χ2v) is 10.7. The van der Waals surface area contributed by atoms with Crippen LogP contribution in [0.5, 0.6) is 0 Å². The summed E-state index contributed by atoms with van der Waals surface area (Å²) in [6.07, 6.45) is 3.32. The van der Waals surface area contributed by atoms with Gasteiger partial charge in [0, 0.05) is 18.1 Å². The summed E-state index contributed by atoms with van der Waals surface area (Å²) >= 11 is 0. The van der Waals surface area contributed by atoms with E-state index in [0.29, 0.717) is 30.9 Å². The number of hydrogen-bond donors (Lipinski definition) is 3. The predicted molar refractivity (Wildman–Crippen MR) is 109 cm³/mol. The van der Waals surface area contributed by atoms with E-state index in [9.17, 15) is 14.4 Å². The van der Waals surface area contributed by atoms with Crippen molar-refractivity contribution in [1.29, 1.82) is 0 Å². The van der Waals surface area contributed by atoms with Crippen LogP contribution in [0.2, 0.25) is 0 Å². The van der Waals surface area contributed by atoms with E-state index in [0.717, 1.165) is 12.8 Å². The van der Waals surface area contributed by atoms with Crippen LogP contribution in [0.1, 0.15) is 46.5 Å². The number of ether oxygens (including phenoxy) is 1. The molecule has 7 nitrogen and oxygen atoms in total. The van der Waals surface area contributed by atoms with Gasteiger partial charge in [-0.2, -0.15) is 0 Å². The third-order valence-corrected chi connectivity index (χ3v) is 7.28. The first-order chi connectivity index (χ1) is 12.7. The molecule has 2 atom stereocenters. The normalized spacial score (nSPS) is 27.3. The second kappa shape index (κ2) is 9.52. The molecule has 1 spiro atoms. The molecule has 1 saturated heterocycles. The summed E-state index contributed by atoms with van der Waals surface area (Å²) in [5.41, 5.74) is -1.26. The Balaban J connectivity index is 2.19. The Morgan fingerprint density at radius 1 is 1.19 bits per heavy atom. The maximum absolute atomic E-state index is 13.1. The van der Waals surface area contributed by atoms with Gasteiger partial charge in [-0.05, 0) is 40.7 Å². The molecule has 2 fully saturated rings. The van der Waals surface area contributed by atoms with Gasteiger partial charge in [0.05, 0.1) is 11.5 Å². The van der Waals surface area contributed by atoms with E-state index in [-0.39, 0.29) is 17.9 Å². The molecule has 2 aliphatic rings. The first-order valence-corrected chi connectivity index (χ1v) is 11.9. The Morgan fingerprint density at radius 2 is 1.81 bits per heavy atom. The summed E-state index contributed by atoms with van der Waals surface area (Å²) in [5, 5.41) is 8.88. The fourth-order valence-corrected chi connectivity index (χ4v) is 5.69. The van der Waals surface area contributed by atoms with Gasteiger partial charge in [0.2, 0.25) is 11.8 Å². The number of hydrogen-bond acceptors (Lipinski definition) is 7. The van der Waals surface area contributed by atoms with Crippen molar-refractivity contribution >= 4 is 39.4 Å². The summed E-state index contributed by atoms with van der Waals surface area (Å²) in [6, 6.07) is -1.03. The highest BCUT2D eigenvalue weighted by atomic mass is 33.1. The van der Waals surface area contributed by atoms with Gasteiger partial charge in [0.25, 0.3) is 0 Å². The number of carbonyl (C=O) groups excluding carboxylic acids is 3. The van der Waals surface area contributed by atoms with Gasteiger partial charge in [0.1, 0.15) is 11.6 Å². The molecular weight excluding hydrogens is 386 g/mol. The number of rotatable bonds is 2. The van der Waals surface area contributed by atoms with Crippen molar-refractivity contribution in [3.63, 3.8) is 0 Å². The molecule has 1 unspecified atom stereocenters. The summed E-state index contributed by atoms with van der Waals surface area (Å²) < 4.78 is 5.50. The van der Waals surface area contributed by atoms with Gasteiger partial charge >= 0.3 is 5.97 Å². The summed E-state index contributed by atoms with van der Waals surface area (Å²) in [4.78, 5) is 38.1. The third kappa shape index (κ3) is 6.29.